The van der Waals surface area contributed by atoms with Crippen molar-refractivity contribution in [1.82, 2.24) is 30.5 Å². The van der Waals surface area contributed by atoms with Crippen LogP contribution in [-0.4, -0.2) is 52.1 Å². The normalized spacial score (nSPS) is 15.3. The molecule has 2 amide bonds. The number of carbonyl (C=O) groups is 1. The Morgan fingerprint density at radius 3 is 3.00 bits per heavy atom. The van der Waals surface area contributed by atoms with Crippen LogP contribution in [-0.2, 0) is 13.1 Å². The second kappa shape index (κ2) is 6.51. The minimum atomic E-state index is 0.0129. The van der Waals surface area contributed by atoms with Crippen LogP contribution in [0.5, 0.6) is 0 Å². The van der Waals surface area contributed by atoms with Gasteiger partial charge in [0.15, 0.2) is 0 Å². The van der Waals surface area contributed by atoms with Crippen molar-refractivity contribution in [3.8, 4) is 0 Å². The van der Waals surface area contributed by atoms with Crippen molar-refractivity contribution in [2.24, 2.45) is 5.92 Å². The van der Waals surface area contributed by atoms with Gasteiger partial charge in [-0.2, -0.15) is 0 Å². The number of urea groups is 1. The molecule has 0 spiro atoms. The van der Waals surface area contributed by atoms with Gasteiger partial charge in [0.25, 0.3) is 0 Å². The van der Waals surface area contributed by atoms with E-state index in [-0.39, 0.29) is 6.03 Å². The van der Waals surface area contributed by atoms with Gasteiger partial charge in [0.05, 0.1) is 12.2 Å². The molecule has 2 N–H and O–H groups in total. The van der Waals surface area contributed by atoms with Gasteiger partial charge in [-0.05, 0) is 12.5 Å². The number of nitrogens with zero attached hydrogens (tertiary/aromatic N) is 4. The molecule has 1 saturated heterocycles. The van der Waals surface area contributed by atoms with Crippen molar-refractivity contribution in [2.75, 3.05) is 26.2 Å². The van der Waals surface area contributed by atoms with Crippen LogP contribution in [0, 0.1) is 5.92 Å². The van der Waals surface area contributed by atoms with Crippen LogP contribution in [0.3, 0.4) is 0 Å². The minimum Gasteiger partial charge on any atom is -0.336 e. The number of carbonyl (C=O) groups excluding carboxylic acids is 1. The number of nitrogens with one attached hydrogen (secondary N) is 2. The summed E-state index contributed by atoms with van der Waals surface area (Å²) < 4.78 is 1.79. The zero-order valence-corrected chi connectivity index (χ0v) is 11.6. The molecule has 1 aromatic rings. The Labute approximate surface area is 113 Å². The number of amides is 2. The van der Waals surface area contributed by atoms with E-state index in [9.17, 15) is 4.79 Å². The molecule has 0 saturated carbocycles. The first-order chi connectivity index (χ1) is 9.15. The Balaban J connectivity index is 1.72. The standard InChI is InChI=1S/C12H22N6O/c1-10(2)7-13-8-11-9-18(16-15-11)6-5-17-4-3-14-12(17)19/h9-10,13H,3-8H2,1-2H3,(H,14,19). The van der Waals surface area contributed by atoms with E-state index in [1.807, 2.05) is 6.20 Å². The molecular formula is C12H22N6O. The maximum absolute atomic E-state index is 11.4. The van der Waals surface area contributed by atoms with Crippen molar-refractivity contribution in [3.05, 3.63) is 11.9 Å². The van der Waals surface area contributed by atoms with Crippen molar-refractivity contribution in [2.45, 2.75) is 26.9 Å². The summed E-state index contributed by atoms with van der Waals surface area (Å²) in [6.45, 7) is 8.93. The summed E-state index contributed by atoms with van der Waals surface area (Å²) in [7, 11) is 0. The zero-order valence-electron chi connectivity index (χ0n) is 11.6. The highest BCUT2D eigenvalue weighted by Crippen LogP contribution is 1.99. The molecule has 7 nitrogen and oxygen atoms in total. The summed E-state index contributed by atoms with van der Waals surface area (Å²) in [6, 6.07) is 0.0129. The van der Waals surface area contributed by atoms with Gasteiger partial charge >= 0.3 is 6.03 Å². The predicted molar refractivity (Wildman–Crippen MR) is 71.5 cm³/mol. The van der Waals surface area contributed by atoms with Crippen molar-refractivity contribution in [1.29, 1.82) is 0 Å². The number of hydrogen-bond acceptors (Lipinski definition) is 4. The van der Waals surface area contributed by atoms with Gasteiger partial charge in [-0.1, -0.05) is 19.1 Å². The molecule has 2 heterocycles. The molecule has 0 bridgehead atoms. The molecule has 19 heavy (non-hydrogen) atoms. The van der Waals surface area contributed by atoms with E-state index >= 15 is 0 Å². The fourth-order valence-electron chi connectivity index (χ4n) is 1.97. The molecule has 0 atom stereocenters. The third-order valence-electron chi connectivity index (χ3n) is 2.99. The fraction of sp³-hybridized carbons (Fsp3) is 0.750. The molecule has 7 heteroatoms. The monoisotopic (exact) mass is 266 g/mol. The predicted octanol–water partition coefficient (Wildman–Crippen LogP) is 0.0489. The third kappa shape index (κ3) is 4.20. The molecule has 106 valence electrons. The molecule has 1 aliphatic heterocycles. The maximum Gasteiger partial charge on any atom is 0.317 e. The lowest BCUT2D eigenvalue weighted by Gasteiger charge is -2.12. The SMILES string of the molecule is CC(C)CNCc1cn(CCN2CCNC2=O)nn1. The lowest BCUT2D eigenvalue weighted by Crippen LogP contribution is -2.31. The van der Waals surface area contributed by atoms with Gasteiger partial charge in [0.2, 0.25) is 0 Å². The Kier molecular flexibility index (Phi) is 4.73. The van der Waals surface area contributed by atoms with E-state index < -0.39 is 0 Å². The fourth-order valence-corrected chi connectivity index (χ4v) is 1.97. The summed E-state index contributed by atoms with van der Waals surface area (Å²) >= 11 is 0. The van der Waals surface area contributed by atoms with Crippen LogP contribution in [0.4, 0.5) is 4.79 Å². The lowest BCUT2D eigenvalue weighted by molar-refractivity contribution is 0.215. The van der Waals surface area contributed by atoms with Crippen LogP contribution in [0.15, 0.2) is 6.20 Å². The average Bonchev–Trinajstić information content (AvgIpc) is 2.95. The smallest absolute Gasteiger partial charge is 0.317 e. The largest absolute Gasteiger partial charge is 0.336 e. The molecule has 0 aliphatic carbocycles. The Bertz CT molecular complexity index is 416. The first kappa shape index (κ1) is 13.8. The molecule has 1 fully saturated rings. The highest BCUT2D eigenvalue weighted by Gasteiger charge is 2.18. The van der Waals surface area contributed by atoms with Crippen molar-refractivity contribution < 1.29 is 4.79 Å². The number of rotatable bonds is 7. The zero-order chi connectivity index (χ0) is 13.7. The molecule has 1 aromatic heterocycles. The molecule has 0 aromatic carbocycles. The topological polar surface area (TPSA) is 75.1 Å². The van der Waals surface area contributed by atoms with E-state index in [1.54, 1.807) is 9.58 Å². The van der Waals surface area contributed by atoms with Gasteiger partial charge in [0.1, 0.15) is 0 Å². The van der Waals surface area contributed by atoms with Gasteiger partial charge in [0, 0.05) is 32.4 Å². The maximum atomic E-state index is 11.4. The van der Waals surface area contributed by atoms with Gasteiger partial charge < -0.3 is 15.5 Å². The molecule has 1 aliphatic rings. The molecule has 0 radical (unpaired) electrons. The second-order valence-corrected chi connectivity index (χ2v) is 5.22. The molecule has 2 rings (SSSR count). The molecular weight excluding hydrogens is 244 g/mol. The Morgan fingerprint density at radius 2 is 2.32 bits per heavy atom. The minimum absolute atomic E-state index is 0.0129. The van der Waals surface area contributed by atoms with E-state index in [0.29, 0.717) is 19.0 Å². The molecule has 0 unspecified atom stereocenters. The highest BCUT2D eigenvalue weighted by atomic mass is 16.2. The summed E-state index contributed by atoms with van der Waals surface area (Å²) in [6.07, 6.45) is 1.93. The van der Waals surface area contributed by atoms with E-state index in [4.69, 9.17) is 0 Å². The van der Waals surface area contributed by atoms with Crippen LogP contribution < -0.4 is 10.6 Å². The van der Waals surface area contributed by atoms with Crippen molar-refractivity contribution >= 4 is 6.03 Å². The Hall–Kier alpha value is -1.63. The number of hydrogen-bond donors (Lipinski definition) is 2. The van der Waals surface area contributed by atoms with E-state index in [2.05, 4.69) is 34.8 Å². The van der Waals surface area contributed by atoms with E-state index in [1.165, 1.54) is 0 Å². The van der Waals surface area contributed by atoms with Crippen LogP contribution >= 0.6 is 0 Å². The quantitative estimate of drug-likeness (QED) is 0.731. The highest BCUT2D eigenvalue weighted by molar-refractivity contribution is 5.76. The average molecular weight is 266 g/mol. The lowest BCUT2D eigenvalue weighted by atomic mass is 10.2. The first-order valence-electron chi connectivity index (χ1n) is 6.77. The summed E-state index contributed by atoms with van der Waals surface area (Å²) in [5.74, 6) is 0.628. The van der Waals surface area contributed by atoms with Crippen LogP contribution in [0.1, 0.15) is 19.5 Å². The third-order valence-corrected chi connectivity index (χ3v) is 2.99. The summed E-state index contributed by atoms with van der Waals surface area (Å²) in [5, 5.41) is 14.3. The second-order valence-electron chi connectivity index (χ2n) is 5.22. The summed E-state index contributed by atoms with van der Waals surface area (Å²) in [4.78, 5) is 13.2. The van der Waals surface area contributed by atoms with Gasteiger partial charge in [-0.15, -0.1) is 5.10 Å². The van der Waals surface area contributed by atoms with Gasteiger partial charge in [-0.3, -0.25) is 4.68 Å². The van der Waals surface area contributed by atoms with Gasteiger partial charge in [-0.25, -0.2) is 4.79 Å². The summed E-state index contributed by atoms with van der Waals surface area (Å²) in [5.41, 5.74) is 0.937. The first-order valence-corrected chi connectivity index (χ1v) is 6.77. The van der Waals surface area contributed by atoms with Crippen molar-refractivity contribution in [3.63, 3.8) is 0 Å². The van der Waals surface area contributed by atoms with Crippen LogP contribution in [0.2, 0.25) is 0 Å². The van der Waals surface area contributed by atoms with Crippen LogP contribution in [0.25, 0.3) is 0 Å². The Morgan fingerprint density at radius 1 is 1.47 bits per heavy atom. The number of aromatic nitrogens is 3. The van der Waals surface area contributed by atoms with E-state index in [0.717, 1.165) is 31.9 Å².